The Morgan fingerprint density at radius 1 is 1.14 bits per heavy atom. The summed E-state index contributed by atoms with van der Waals surface area (Å²) in [6.45, 7) is 2.51. The van der Waals surface area contributed by atoms with Gasteiger partial charge in [-0.1, -0.05) is 49.6 Å². The highest BCUT2D eigenvalue weighted by molar-refractivity contribution is 6.00. The predicted octanol–water partition coefficient (Wildman–Crippen LogP) is 2.41. The maximum Gasteiger partial charge on any atom is 0.249 e. The summed E-state index contributed by atoms with van der Waals surface area (Å²) in [6.07, 6.45) is 4.73. The largest absolute Gasteiger partial charge is 0.340 e. The van der Waals surface area contributed by atoms with Gasteiger partial charge in [0.05, 0.1) is 0 Å². The van der Waals surface area contributed by atoms with E-state index >= 15 is 0 Å². The van der Waals surface area contributed by atoms with Gasteiger partial charge < -0.3 is 10.2 Å². The molecule has 1 aliphatic carbocycles. The van der Waals surface area contributed by atoms with Gasteiger partial charge in [0.25, 0.3) is 0 Å². The quantitative estimate of drug-likeness (QED) is 0.907. The molecule has 2 amide bonds. The van der Waals surface area contributed by atoms with Crippen molar-refractivity contribution in [2.24, 2.45) is 0 Å². The molecule has 21 heavy (non-hydrogen) atoms. The first kappa shape index (κ1) is 14.1. The lowest BCUT2D eigenvalue weighted by atomic mass is 9.78. The molecule has 0 radical (unpaired) electrons. The first-order valence-corrected chi connectivity index (χ1v) is 7.86. The molecule has 0 aromatic heterocycles. The Morgan fingerprint density at radius 2 is 1.81 bits per heavy atom. The Morgan fingerprint density at radius 3 is 2.43 bits per heavy atom. The van der Waals surface area contributed by atoms with Gasteiger partial charge in [-0.2, -0.15) is 0 Å². The van der Waals surface area contributed by atoms with Crippen molar-refractivity contribution in [2.75, 3.05) is 6.54 Å². The Kier molecular flexibility index (Phi) is 3.70. The molecule has 0 bridgehead atoms. The van der Waals surface area contributed by atoms with E-state index in [-0.39, 0.29) is 11.8 Å². The molecule has 1 unspecified atom stereocenters. The van der Waals surface area contributed by atoms with E-state index in [1.54, 1.807) is 4.90 Å². The molecular formula is C17H22N2O2. The number of nitrogens with zero attached hydrogens (tertiary/aromatic N) is 1. The van der Waals surface area contributed by atoms with Crippen molar-refractivity contribution >= 4 is 11.8 Å². The molecule has 1 atom stereocenters. The molecule has 1 heterocycles. The minimum atomic E-state index is -0.642. The zero-order chi connectivity index (χ0) is 14.9. The molecule has 1 N–H and O–H groups in total. The van der Waals surface area contributed by atoms with Gasteiger partial charge in [0.15, 0.2) is 0 Å². The number of benzene rings is 1. The van der Waals surface area contributed by atoms with Gasteiger partial charge in [-0.3, -0.25) is 9.59 Å². The zero-order valence-corrected chi connectivity index (χ0v) is 12.5. The van der Waals surface area contributed by atoms with Gasteiger partial charge in [-0.15, -0.1) is 0 Å². The molecule has 112 valence electrons. The fraction of sp³-hybridized carbons (Fsp3) is 0.529. The number of rotatable bonds is 2. The summed E-state index contributed by atoms with van der Waals surface area (Å²) in [7, 11) is 0. The standard InChI is InChI=1S/C17H22N2O2/c1-2-19-14(13-9-5-3-6-10-13)15(20)18-17(16(19)21)11-7-4-8-12-17/h3,5-6,9-10,14H,2,4,7-8,11-12H2,1H3,(H,18,20). The summed E-state index contributed by atoms with van der Waals surface area (Å²) in [5, 5.41) is 3.06. The molecule has 1 aromatic carbocycles. The third-order valence-corrected chi connectivity index (χ3v) is 4.76. The summed E-state index contributed by atoms with van der Waals surface area (Å²) >= 11 is 0. The maximum atomic E-state index is 13.0. The van der Waals surface area contributed by atoms with E-state index in [0.29, 0.717) is 6.54 Å². The number of hydrogen-bond donors (Lipinski definition) is 1. The highest BCUT2D eigenvalue weighted by Gasteiger charge is 2.50. The summed E-state index contributed by atoms with van der Waals surface area (Å²) in [5.74, 6) is 0.0581. The van der Waals surface area contributed by atoms with E-state index in [9.17, 15) is 9.59 Å². The Balaban J connectivity index is 1.95. The molecule has 2 fully saturated rings. The van der Waals surface area contributed by atoms with Crippen LogP contribution in [0.1, 0.15) is 50.6 Å². The molecule has 4 heteroatoms. The van der Waals surface area contributed by atoms with Gasteiger partial charge in [0.1, 0.15) is 11.6 Å². The van der Waals surface area contributed by atoms with E-state index in [0.717, 1.165) is 37.7 Å². The van der Waals surface area contributed by atoms with Crippen LogP contribution >= 0.6 is 0 Å². The van der Waals surface area contributed by atoms with Crippen molar-refractivity contribution in [1.82, 2.24) is 10.2 Å². The number of amides is 2. The van der Waals surface area contributed by atoms with Crippen LogP contribution in [0.25, 0.3) is 0 Å². The fourth-order valence-electron chi connectivity index (χ4n) is 3.68. The Labute approximate surface area is 125 Å². The number of piperazine rings is 1. The number of likely N-dealkylation sites (N-methyl/N-ethyl adjacent to an activating group) is 1. The average Bonchev–Trinajstić information content (AvgIpc) is 2.52. The molecule has 1 spiro atoms. The van der Waals surface area contributed by atoms with Crippen LogP contribution in [0.15, 0.2) is 30.3 Å². The summed E-state index contributed by atoms with van der Waals surface area (Å²) < 4.78 is 0. The summed E-state index contributed by atoms with van der Waals surface area (Å²) in [4.78, 5) is 27.4. The van der Waals surface area contributed by atoms with Gasteiger partial charge in [-0.25, -0.2) is 0 Å². The van der Waals surface area contributed by atoms with Gasteiger partial charge >= 0.3 is 0 Å². The van der Waals surface area contributed by atoms with Crippen LogP contribution in [0.3, 0.4) is 0 Å². The number of nitrogens with one attached hydrogen (secondary N) is 1. The van der Waals surface area contributed by atoms with Crippen molar-refractivity contribution in [3.63, 3.8) is 0 Å². The minimum Gasteiger partial charge on any atom is -0.340 e. The van der Waals surface area contributed by atoms with Crippen LogP contribution in [0.4, 0.5) is 0 Å². The third-order valence-electron chi connectivity index (χ3n) is 4.76. The van der Waals surface area contributed by atoms with E-state index in [4.69, 9.17) is 0 Å². The van der Waals surface area contributed by atoms with Gasteiger partial charge in [0, 0.05) is 6.54 Å². The van der Waals surface area contributed by atoms with E-state index < -0.39 is 11.6 Å². The van der Waals surface area contributed by atoms with Gasteiger partial charge in [-0.05, 0) is 25.3 Å². The average molecular weight is 286 g/mol. The van der Waals surface area contributed by atoms with Crippen molar-refractivity contribution in [3.8, 4) is 0 Å². The molecule has 4 nitrogen and oxygen atoms in total. The van der Waals surface area contributed by atoms with E-state index in [1.165, 1.54) is 0 Å². The molecule has 1 aromatic rings. The lowest BCUT2D eigenvalue weighted by Gasteiger charge is -2.47. The SMILES string of the molecule is CCN1C(=O)C2(CCCCC2)NC(=O)C1c1ccccc1. The van der Waals surface area contributed by atoms with Crippen molar-refractivity contribution in [1.29, 1.82) is 0 Å². The van der Waals surface area contributed by atoms with E-state index in [1.807, 2.05) is 37.3 Å². The molecular weight excluding hydrogens is 264 g/mol. The first-order chi connectivity index (χ1) is 10.2. The zero-order valence-electron chi connectivity index (χ0n) is 12.5. The van der Waals surface area contributed by atoms with Crippen LogP contribution in [0.2, 0.25) is 0 Å². The van der Waals surface area contributed by atoms with Crippen LogP contribution in [-0.4, -0.2) is 28.8 Å². The monoisotopic (exact) mass is 286 g/mol. The molecule has 1 saturated carbocycles. The lowest BCUT2D eigenvalue weighted by Crippen LogP contribution is -2.67. The van der Waals surface area contributed by atoms with E-state index in [2.05, 4.69) is 5.32 Å². The smallest absolute Gasteiger partial charge is 0.249 e. The number of hydrogen-bond acceptors (Lipinski definition) is 2. The first-order valence-electron chi connectivity index (χ1n) is 7.86. The maximum absolute atomic E-state index is 13.0. The summed E-state index contributed by atoms with van der Waals surface area (Å²) in [5.41, 5.74) is 0.243. The van der Waals surface area contributed by atoms with Crippen LogP contribution in [0, 0.1) is 0 Å². The van der Waals surface area contributed by atoms with Crippen molar-refractivity contribution in [3.05, 3.63) is 35.9 Å². The van der Waals surface area contributed by atoms with Crippen molar-refractivity contribution < 1.29 is 9.59 Å². The number of carbonyl (C=O) groups excluding carboxylic acids is 2. The van der Waals surface area contributed by atoms with Crippen LogP contribution < -0.4 is 5.32 Å². The van der Waals surface area contributed by atoms with Gasteiger partial charge in [0.2, 0.25) is 11.8 Å². The second kappa shape index (κ2) is 5.51. The van der Waals surface area contributed by atoms with Crippen molar-refractivity contribution in [2.45, 2.75) is 50.6 Å². The molecule has 1 aliphatic heterocycles. The topological polar surface area (TPSA) is 49.4 Å². The fourth-order valence-corrected chi connectivity index (χ4v) is 3.68. The highest BCUT2D eigenvalue weighted by Crippen LogP contribution is 2.37. The Hall–Kier alpha value is -1.84. The Bertz CT molecular complexity index is 535. The molecule has 2 aliphatic rings. The predicted molar refractivity (Wildman–Crippen MR) is 80.5 cm³/mol. The van der Waals surface area contributed by atoms with Crippen LogP contribution in [0.5, 0.6) is 0 Å². The molecule has 3 rings (SSSR count). The second-order valence-electron chi connectivity index (χ2n) is 6.04. The van der Waals surface area contributed by atoms with Crippen LogP contribution in [-0.2, 0) is 9.59 Å². The number of carbonyl (C=O) groups is 2. The highest BCUT2D eigenvalue weighted by atomic mass is 16.2. The summed E-state index contributed by atoms with van der Waals surface area (Å²) in [6, 6.07) is 9.08. The normalized spacial score (nSPS) is 25.0. The lowest BCUT2D eigenvalue weighted by molar-refractivity contribution is -0.156. The molecule has 1 saturated heterocycles. The minimum absolute atomic E-state index is 0.0375. The second-order valence-corrected chi connectivity index (χ2v) is 6.04. The third kappa shape index (κ3) is 2.33.